The molecule has 8 unspecified atom stereocenters. The van der Waals surface area contributed by atoms with Gasteiger partial charge in [-0.05, 0) is 64.7 Å². The lowest BCUT2D eigenvalue weighted by Gasteiger charge is -2.53. The smallest absolute Gasteiger partial charge is 0.341 e. The summed E-state index contributed by atoms with van der Waals surface area (Å²) in [5.41, 5.74) is 4.84. The number of aliphatic hydroxyl groups excluding tert-OH is 1. The van der Waals surface area contributed by atoms with E-state index in [1.807, 2.05) is 27.7 Å². The van der Waals surface area contributed by atoms with E-state index in [9.17, 15) is 14.7 Å². The summed E-state index contributed by atoms with van der Waals surface area (Å²) in [5, 5.41) is 13.5. The van der Waals surface area contributed by atoms with Gasteiger partial charge in [-0.1, -0.05) is 12.8 Å². The van der Waals surface area contributed by atoms with Crippen LogP contribution in [0.2, 0.25) is 0 Å². The Morgan fingerprint density at radius 2 is 1.87 bits per heavy atom. The predicted molar refractivity (Wildman–Crippen MR) is 141 cm³/mol. The monoisotopic (exact) mass is 549 g/mol. The molecular formula is C30H49N2O7+. The van der Waals surface area contributed by atoms with Crippen LogP contribution in [0.1, 0.15) is 91.9 Å². The highest BCUT2D eigenvalue weighted by molar-refractivity contribution is 5.84. The molecule has 6 fully saturated rings. The minimum Gasteiger partial charge on any atom is -0.457 e. The van der Waals surface area contributed by atoms with Gasteiger partial charge in [0.05, 0.1) is 48.6 Å². The van der Waals surface area contributed by atoms with E-state index >= 15 is 0 Å². The summed E-state index contributed by atoms with van der Waals surface area (Å²) in [6.07, 6.45) is 7.17. The summed E-state index contributed by atoms with van der Waals surface area (Å²) < 4.78 is 24.8. The quantitative estimate of drug-likeness (QED) is 0.347. The van der Waals surface area contributed by atoms with Crippen LogP contribution < -0.4 is 11.1 Å². The molecule has 2 saturated carbocycles. The highest BCUT2D eigenvalue weighted by atomic mass is 16.7. The molecular weight excluding hydrogens is 500 g/mol. The fraction of sp³-hybridized carbons (Fsp3) is 0.933. The van der Waals surface area contributed by atoms with E-state index in [-0.39, 0.29) is 53.7 Å². The summed E-state index contributed by atoms with van der Waals surface area (Å²) in [7, 11) is 0. The molecule has 4 aliphatic heterocycles. The number of ketones is 1. The molecule has 220 valence electrons. The number of rotatable bonds is 5. The zero-order valence-corrected chi connectivity index (χ0v) is 24.1. The summed E-state index contributed by atoms with van der Waals surface area (Å²) in [6, 6.07) is 0. The van der Waals surface area contributed by atoms with Gasteiger partial charge in [0, 0.05) is 31.6 Å². The standard InChI is InChI=1S/C30H48N2O7/c1-16-11-19(33)25-21(36-16)14-20-18(26(25)34)13-22(28(2,3)38-20)37-27(35)29(4)23(39-29)15-30(8-5-6-9-30)17-7-10-32-24(31)12-17/h16-18,20-26,32,34H,5-15,31H2,1-4H3/p+1/t16?,17?,18?,20?,21?,22-,23-,24?,25?,26?,29-/m1/s1. The first-order valence-corrected chi connectivity index (χ1v) is 15.4. The minimum atomic E-state index is -0.953. The Labute approximate surface area is 232 Å². The molecule has 9 heteroatoms. The normalized spacial score (nSPS) is 48.6. The van der Waals surface area contributed by atoms with Gasteiger partial charge in [0.1, 0.15) is 18.1 Å². The number of esters is 1. The van der Waals surface area contributed by atoms with Crippen LogP contribution in [0, 0.1) is 23.2 Å². The number of nitrogens with two attached hydrogens (primary N) is 2. The molecule has 0 aromatic rings. The summed E-state index contributed by atoms with van der Waals surface area (Å²) in [5.74, 6) is -0.523. The van der Waals surface area contributed by atoms with Crippen LogP contribution in [0.5, 0.6) is 0 Å². The Morgan fingerprint density at radius 1 is 1.13 bits per heavy atom. The average Bonchev–Trinajstić information content (AvgIpc) is 3.27. The van der Waals surface area contributed by atoms with Crippen molar-refractivity contribution in [2.45, 2.75) is 146 Å². The number of carbonyl (C=O) groups excluding carboxylic acids is 2. The summed E-state index contributed by atoms with van der Waals surface area (Å²) in [4.78, 5) is 26.4. The van der Waals surface area contributed by atoms with Crippen LogP contribution in [-0.2, 0) is 28.5 Å². The lowest BCUT2D eigenvalue weighted by atomic mass is 9.66. The van der Waals surface area contributed by atoms with Gasteiger partial charge in [-0.15, -0.1) is 0 Å². The van der Waals surface area contributed by atoms with Crippen LogP contribution in [0.3, 0.4) is 0 Å². The molecule has 2 aliphatic carbocycles. The Kier molecular flexibility index (Phi) is 7.20. The molecule has 39 heavy (non-hydrogen) atoms. The molecule has 0 bridgehead atoms. The number of hydrogen-bond acceptors (Lipinski definition) is 8. The molecule has 0 aromatic heterocycles. The summed E-state index contributed by atoms with van der Waals surface area (Å²) >= 11 is 0. The fourth-order valence-corrected chi connectivity index (χ4v) is 8.94. The van der Waals surface area contributed by atoms with Gasteiger partial charge in [0.15, 0.2) is 5.60 Å². The average molecular weight is 550 g/mol. The van der Waals surface area contributed by atoms with Gasteiger partial charge in [0.2, 0.25) is 0 Å². The predicted octanol–water partition coefficient (Wildman–Crippen LogP) is 1.58. The van der Waals surface area contributed by atoms with Crippen LogP contribution in [0.25, 0.3) is 0 Å². The zero-order valence-electron chi connectivity index (χ0n) is 24.1. The van der Waals surface area contributed by atoms with E-state index in [0.29, 0.717) is 25.2 Å². The maximum Gasteiger partial charge on any atom is 0.341 e. The number of epoxide rings is 1. The number of hydrogen-bond donors (Lipinski definition) is 3. The second-order valence-electron chi connectivity index (χ2n) is 14.4. The molecule has 5 N–H and O–H groups in total. The van der Waals surface area contributed by atoms with E-state index in [4.69, 9.17) is 24.7 Å². The van der Waals surface area contributed by atoms with E-state index in [2.05, 4.69) is 5.32 Å². The second-order valence-corrected chi connectivity index (χ2v) is 14.4. The molecule has 4 saturated heterocycles. The van der Waals surface area contributed by atoms with Crippen molar-refractivity contribution in [3.8, 4) is 0 Å². The molecule has 4 heterocycles. The van der Waals surface area contributed by atoms with Crippen LogP contribution in [0.4, 0.5) is 0 Å². The highest BCUT2D eigenvalue weighted by Crippen LogP contribution is 2.56. The molecule has 11 atom stereocenters. The minimum absolute atomic E-state index is 0.0578. The van der Waals surface area contributed by atoms with Gasteiger partial charge >= 0.3 is 5.97 Å². The van der Waals surface area contributed by atoms with Gasteiger partial charge < -0.3 is 29.4 Å². The molecule has 0 radical (unpaired) electrons. The number of quaternary nitrogens is 1. The number of piperidine rings is 1. The number of Topliss-reactive ketones (excluding diaryl/α,β-unsaturated/α-hetero) is 1. The van der Waals surface area contributed by atoms with Crippen molar-refractivity contribution >= 4 is 11.8 Å². The van der Waals surface area contributed by atoms with Crippen molar-refractivity contribution in [1.29, 1.82) is 0 Å². The van der Waals surface area contributed by atoms with Gasteiger partial charge in [-0.2, -0.15) is 0 Å². The zero-order chi connectivity index (χ0) is 27.7. The lowest BCUT2D eigenvalue weighted by Crippen LogP contribution is -2.95. The number of aliphatic hydroxyl groups is 1. The first-order valence-electron chi connectivity index (χ1n) is 15.4. The molecule has 6 rings (SSSR count). The fourth-order valence-electron chi connectivity index (χ4n) is 8.94. The molecule has 0 aromatic carbocycles. The van der Waals surface area contributed by atoms with E-state index in [1.165, 1.54) is 32.1 Å². The first-order chi connectivity index (χ1) is 18.4. The second kappa shape index (κ2) is 10.0. The third kappa shape index (κ3) is 4.99. The third-order valence-corrected chi connectivity index (χ3v) is 11.3. The topological polar surface area (TPSA) is 137 Å². The van der Waals surface area contributed by atoms with E-state index < -0.39 is 29.3 Å². The van der Waals surface area contributed by atoms with Crippen molar-refractivity contribution < 1.29 is 39.0 Å². The molecule has 6 aliphatic rings. The van der Waals surface area contributed by atoms with Crippen molar-refractivity contribution in [3.05, 3.63) is 0 Å². The lowest BCUT2D eigenvalue weighted by molar-refractivity contribution is -0.700. The highest BCUT2D eigenvalue weighted by Gasteiger charge is 2.64. The Balaban J connectivity index is 1.11. The van der Waals surface area contributed by atoms with Gasteiger partial charge in [-0.25, -0.2) is 4.79 Å². The maximum atomic E-state index is 13.6. The molecule has 0 amide bonds. The van der Waals surface area contributed by atoms with Gasteiger partial charge in [0.25, 0.3) is 0 Å². The van der Waals surface area contributed by atoms with Crippen molar-refractivity contribution in [2.75, 3.05) is 6.54 Å². The van der Waals surface area contributed by atoms with E-state index in [0.717, 1.165) is 19.4 Å². The van der Waals surface area contributed by atoms with Crippen LogP contribution in [0.15, 0.2) is 0 Å². The largest absolute Gasteiger partial charge is 0.457 e. The Hall–Kier alpha value is -1.10. The maximum absolute atomic E-state index is 13.6. The molecule has 9 nitrogen and oxygen atoms in total. The van der Waals surface area contributed by atoms with Gasteiger partial charge in [-0.3, -0.25) is 10.5 Å². The van der Waals surface area contributed by atoms with Crippen molar-refractivity contribution in [1.82, 2.24) is 0 Å². The van der Waals surface area contributed by atoms with Crippen molar-refractivity contribution in [2.24, 2.45) is 28.9 Å². The SMILES string of the molecule is CC1CC(=O)C2C(CC3OC(C)(C)[C@H](OC(=O)[C@]4(C)O[C@@H]4CC4(C5CC[NH2+]C(N)C5)CCCC4)CC3C2O)O1. The van der Waals surface area contributed by atoms with E-state index in [1.54, 1.807) is 0 Å². The van der Waals surface area contributed by atoms with Crippen LogP contribution >= 0.6 is 0 Å². The number of fused-ring (bicyclic) bond motifs is 2. The van der Waals surface area contributed by atoms with Crippen molar-refractivity contribution in [3.63, 3.8) is 0 Å². The Morgan fingerprint density at radius 3 is 2.59 bits per heavy atom. The molecule has 0 spiro atoms. The Bertz CT molecular complexity index is 967. The third-order valence-electron chi connectivity index (χ3n) is 11.3. The van der Waals surface area contributed by atoms with Crippen LogP contribution in [-0.4, -0.2) is 77.4 Å². The first kappa shape index (κ1) is 28.0. The number of ether oxygens (including phenoxy) is 4. The number of carbonyl (C=O) groups is 2. The summed E-state index contributed by atoms with van der Waals surface area (Å²) in [6.45, 7) is 8.72.